The maximum absolute atomic E-state index is 11.6. The van der Waals surface area contributed by atoms with Gasteiger partial charge in [0.2, 0.25) is 0 Å². The second-order valence-corrected chi connectivity index (χ2v) is 6.71. The van der Waals surface area contributed by atoms with Crippen molar-refractivity contribution in [3.63, 3.8) is 0 Å². The van der Waals surface area contributed by atoms with E-state index >= 15 is 0 Å². The van der Waals surface area contributed by atoms with E-state index in [-0.39, 0.29) is 11.4 Å². The Labute approximate surface area is 111 Å². The lowest BCUT2D eigenvalue weighted by atomic mass is 9.47. The Morgan fingerprint density at radius 3 is 2.47 bits per heavy atom. The molecule has 106 valence electrons. The van der Waals surface area contributed by atoms with E-state index in [1.54, 1.807) is 0 Å². The molecule has 4 atom stereocenters. The van der Waals surface area contributed by atoms with Gasteiger partial charge in [-0.2, -0.15) is 0 Å². The minimum absolute atomic E-state index is 0.132. The van der Waals surface area contributed by atoms with Gasteiger partial charge in [-0.15, -0.1) is 10.1 Å². The van der Waals surface area contributed by atoms with Gasteiger partial charge in [-0.3, -0.25) is 4.79 Å². The van der Waals surface area contributed by atoms with Crippen molar-refractivity contribution in [2.45, 2.75) is 50.5 Å². The zero-order chi connectivity index (χ0) is 13.7. The summed E-state index contributed by atoms with van der Waals surface area (Å²) in [5.74, 6) is 0.718. The molecule has 0 spiro atoms. The third kappa shape index (κ3) is 2.17. The third-order valence-electron chi connectivity index (χ3n) is 5.14. The van der Waals surface area contributed by atoms with Crippen LogP contribution in [-0.2, 0) is 14.4 Å². The summed E-state index contributed by atoms with van der Waals surface area (Å²) in [6.45, 7) is 0. The molecule has 6 heteroatoms. The number of carbonyl (C=O) groups excluding carboxylic acids is 1. The van der Waals surface area contributed by atoms with Crippen LogP contribution in [0.15, 0.2) is 0 Å². The first-order valence-corrected chi connectivity index (χ1v) is 6.85. The van der Waals surface area contributed by atoms with Gasteiger partial charge >= 0.3 is 5.97 Å². The molecule has 4 saturated carbocycles. The number of hydrogen-bond acceptors (Lipinski definition) is 5. The Bertz CT molecular complexity index is 407. The normalized spacial score (nSPS) is 43.0. The largest absolute Gasteiger partial charge is 0.469 e. The Kier molecular flexibility index (Phi) is 2.73. The highest BCUT2D eigenvalue weighted by molar-refractivity contribution is 5.70. The van der Waals surface area contributed by atoms with Crippen molar-refractivity contribution in [3.05, 3.63) is 10.1 Å². The lowest BCUT2D eigenvalue weighted by molar-refractivity contribution is -0.785. The van der Waals surface area contributed by atoms with E-state index in [1.165, 1.54) is 7.11 Å². The van der Waals surface area contributed by atoms with Crippen LogP contribution in [-0.4, -0.2) is 23.8 Å². The van der Waals surface area contributed by atoms with Gasteiger partial charge in [-0.05, 0) is 55.8 Å². The molecule has 4 bridgehead atoms. The van der Waals surface area contributed by atoms with E-state index in [2.05, 4.69) is 0 Å². The standard InChI is InChI=1S/C13H19NO5/c1-18-11(15)7-12-3-9-2-10(4-12)6-13(5-9,8-12)19-14(16)17/h9-10H,2-8H2,1H3/t9-,10+,12?,13?. The number of methoxy groups -OCH3 is 1. The molecule has 0 aromatic rings. The molecule has 4 aliphatic carbocycles. The topological polar surface area (TPSA) is 78.7 Å². The van der Waals surface area contributed by atoms with Crippen molar-refractivity contribution >= 4 is 5.97 Å². The monoisotopic (exact) mass is 269 g/mol. The summed E-state index contributed by atoms with van der Waals surface area (Å²) in [4.78, 5) is 27.4. The smallest absolute Gasteiger partial charge is 0.306 e. The summed E-state index contributed by atoms with van der Waals surface area (Å²) in [5.41, 5.74) is -0.769. The quantitative estimate of drug-likeness (QED) is 0.443. The van der Waals surface area contributed by atoms with Crippen LogP contribution in [0.1, 0.15) is 44.9 Å². The molecule has 4 fully saturated rings. The van der Waals surface area contributed by atoms with Gasteiger partial charge in [0.1, 0.15) is 5.60 Å². The average Bonchev–Trinajstić information content (AvgIpc) is 2.24. The molecule has 0 saturated heterocycles. The molecule has 0 aromatic carbocycles. The van der Waals surface area contributed by atoms with Crippen LogP contribution >= 0.6 is 0 Å². The summed E-state index contributed by atoms with van der Waals surface area (Å²) in [6.07, 6.45) is 5.65. The first-order chi connectivity index (χ1) is 8.94. The maximum atomic E-state index is 11.6. The summed E-state index contributed by atoms with van der Waals surface area (Å²) < 4.78 is 4.79. The fourth-order valence-corrected chi connectivity index (χ4v) is 5.21. The Morgan fingerprint density at radius 2 is 1.95 bits per heavy atom. The Balaban J connectivity index is 1.84. The van der Waals surface area contributed by atoms with Crippen LogP contribution in [0.5, 0.6) is 0 Å². The molecule has 0 N–H and O–H groups in total. The molecule has 2 unspecified atom stereocenters. The Morgan fingerprint density at radius 1 is 1.32 bits per heavy atom. The lowest BCUT2D eigenvalue weighted by Crippen LogP contribution is -2.57. The maximum Gasteiger partial charge on any atom is 0.306 e. The Hall–Kier alpha value is -1.33. The highest BCUT2D eigenvalue weighted by Crippen LogP contribution is 2.64. The number of nitrogens with zero attached hydrogens (tertiary/aromatic N) is 1. The van der Waals surface area contributed by atoms with Crippen molar-refractivity contribution in [2.24, 2.45) is 17.3 Å². The lowest BCUT2D eigenvalue weighted by Gasteiger charge is -2.60. The van der Waals surface area contributed by atoms with Gasteiger partial charge in [0.15, 0.2) is 0 Å². The zero-order valence-electron chi connectivity index (χ0n) is 11.1. The fourth-order valence-electron chi connectivity index (χ4n) is 5.21. The van der Waals surface area contributed by atoms with E-state index in [0.29, 0.717) is 24.7 Å². The minimum atomic E-state index is -0.654. The van der Waals surface area contributed by atoms with E-state index in [1.807, 2.05) is 0 Å². The molecule has 0 aliphatic heterocycles. The average molecular weight is 269 g/mol. The van der Waals surface area contributed by atoms with Gasteiger partial charge < -0.3 is 9.57 Å². The highest BCUT2D eigenvalue weighted by atomic mass is 17.0. The van der Waals surface area contributed by atoms with E-state index in [4.69, 9.17) is 9.57 Å². The summed E-state index contributed by atoms with van der Waals surface area (Å²) >= 11 is 0. The van der Waals surface area contributed by atoms with Crippen molar-refractivity contribution in [2.75, 3.05) is 7.11 Å². The molecule has 4 rings (SSSR count). The number of carbonyl (C=O) groups is 1. The summed E-state index contributed by atoms with van der Waals surface area (Å²) in [6, 6.07) is 0. The van der Waals surface area contributed by atoms with Crippen molar-refractivity contribution < 1.29 is 19.5 Å². The second kappa shape index (κ2) is 4.08. The van der Waals surface area contributed by atoms with Crippen molar-refractivity contribution in [1.82, 2.24) is 0 Å². The molecule has 0 amide bonds. The SMILES string of the molecule is COC(=O)CC12C[C@H]3C[C@@H](C1)CC(O[N+](=O)[O-])(C3)C2. The van der Waals surface area contributed by atoms with Crippen LogP contribution < -0.4 is 0 Å². The number of rotatable bonds is 4. The van der Waals surface area contributed by atoms with Crippen molar-refractivity contribution in [1.29, 1.82) is 0 Å². The molecule has 4 aliphatic rings. The fraction of sp³-hybridized carbons (Fsp3) is 0.923. The van der Waals surface area contributed by atoms with Crippen LogP contribution in [0.3, 0.4) is 0 Å². The summed E-state index contributed by atoms with van der Waals surface area (Å²) in [5, 5.41) is 10.1. The molecule has 0 radical (unpaired) electrons. The van der Waals surface area contributed by atoms with Gasteiger partial charge in [0, 0.05) is 0 Å². The van der Waals surface area contributed by atoms with Gasteiger partial charge in [0.05, 0.1) is 13.5 Å². The predicted molar refractivity (Wildman–Crippen MR) is 64.6 cm³/mol. The molecule has 0 aromatic heterocycles. The molecule has 0 heterocycles. The van der Waals surface area contributed by atoms with Crippen LogP contribution in [0.4, 0.5) is 0 Å². The number of hydrogen-bond donors (Lipinski definition) is 0. The van der Waals surface area contributed by atoms with E-state index in [0.717, 1.165) is 32.1 Å². The van der Waals surface area contributed by atoms with E-state index < -0.39 is 10.7 Å². The molecule has 19 heavy (non-hydrogen) atoms. The zero-order valence-corrected chi connectivity index (χ0v) is 11.1. The van der Waals surface area contributed by atoms with Gasteiger partial charge in [-0.25, -0.2) is 0 Å². The molecular formula is C13H19NO5. The first kappa shape index (κ1) is 12.7. The summed E-state index contributed by atoms with van der Waals surface area (Å²) in [7, 11) is 1.39. The van der Waals surface area contributed by atoms with Crippen LogP contribution in [0.25, 0.3) is 0 Å². The first-order valence-electron chi connectivity index (χ1n) is 6.85. The third-order valence-corrected chi connectivity index (χ3v) is 5.14. The van der Waals surface area contributed by atoms with Crippen molar-refractivity contribution in [3.8, 4) is 0 Å². The van der Waals surface area contributed by atoms with Gasteiger partial charge in [-0.1, -0.05) is 0 Å². The van der Waals surface area contributed by atoms with E-state index in [9.17, 15) is 14.9 Å². The highest BCUT2D eigenvalue weighted by Gasteiger charge is 2.60. The number of ether oxygens (including phenoxy) is 1. The molecular weight excluding hydrogens is 250 g/mol. The minimum Gasteiger partial charge on any atom is -0.469 e. The van der Waals surface area contributed by atoms with Gasteiger partial charge in [0.25, 0.3) is 5.09 Å². The molecule has 6 nitrogen and oxygen atoms in total. The second-order valence-electron chi connectivity index (χ2n) is 6.71. The predicted octanol–water partition coefficient (Wildman–Crippen LogP) is 2.10. The van der Waals surface area contributed by atoms with Crippen LogP contribution in [0.2, 0.25) is 0 Å². The number of esters is 1. The van der Waals surface area contributed by atoms with Crippen LogP contribution in [0, 0.1) is 27.4 Å².